The Bertz CT molecular complexity index is 359. The minimum absolute atomic E-state index is 0.256. The van der Waals surface area contributed by atoms with Crippen molar-refractivity contribution in [3.63, 3.8) is 0 Å². The molecular formula is C13H19ClN2O. The van der Waals surface area contributed by atoms with Gasteiger partial charge in [-0.2, -0.15) is 0 Å². The number of halogens is 1. The van der Waals surface area contributed by atoms with Gasteiger partial charge in [-0.1, -0.05) is 18.9 Å². The van der Waals surface area contributed by atoms with Crippen molar-refractivity contribution >= 4 is 11.6 Å². The zero-order chi connectivity index (χ0) is 12.1. The zero-order valence-corrected chi connectivity index (χ0v) is 10.9. The topological polar surface area (TPSA) is 34.1 Å². The second-order valence-electron chi connectivity index (χ2n) is 4.46. The van der Waals surface area contributed by atoms with Gasteiger partial charge in [0.15, 0.2) is 0 Å². The number of nitrogens with zero attached hydrogens (tertiary/aromatic N) is 1. The second kappa shape index (κ2) is 6.22. The summed E-state index contributed by atoms with van der Waals surface area (Å²) >= 11 is 6.31. The first kappa shape index (κ1) is 12.7. The number of aromatic nitrogens is 1. The van der Waals surface area contributed by atoms with Crippen LogP contribution in [0.5, 0.6) is 5.88 Å². The fourth-order valence-corrected chi connectivity index (χ4v) is 2.67. The highest BCUT2D eigenvalue weighted by Gasteiger charge is 2.22. The summed E-state index contributed by atoms with van der Waals surface area (Å²) in [7, 11) is 1.65. The lowest BCUT2D eigenvalue weighted by atomic mass is 9.95. The molecular weight excluding hydrogens is 236 g/mol. The van der Waals surface area contributed by atoms with Crippen LogP contribution in [0.15, 0.2) is 18.3 Å². The van der Waals surface area contributed by atoms with Crippen LogP contribution in [0.2, 0.25) is 0 Å². The van der Waals surface area contributed by atoms with Crippen molar-refractivity contribution in [1.29, 1.82) is 0 Å². The third-order valence-corrected chi connectivity index (χ3v) is 3.80. The molecule has 1 fully saturated rings. The minimum Gasteiger partial charge on any atom is -0.481 e. The summed E-state index contributed by atoms with van der Waals surface area (Å²) in [6, 6.07) is 4.37. The molecule has 0 spiro atoms. The van der Waals surface area contributed by atoms with Crippen molar-refractivity contribution in [2.45, 2.75) is 43.6 Å². The summed E-state index contributed by atoms with van der Waals surface area (Å²) in [5.74, 6) is 0.696. The predicted molar refractivity (Wildman–Crippen MR) is 69.5 cm³/mol. The molecule has 1 saturated carbocycles. The van der Waals surface area contributed by atoms with E-state index >= 15 is 0 Å². The molecule has 0 aliphatic heterocycles. The van der Waals surface area contributed by atoms with E-state index in [9.17, 15) is 0 Å². The molecule has 17 heavy (non-hydrogen) atoms. The fraction of sp³-hybridized carbons (Fsp3) is 0.615. The van der Waals surface area contributed by atoms with Crippen LogP contribution in [0.4, 0.5) is 0 Å². The van der Waals surface area contributed by atoms with Crippen LogP contribution in [0, 0.1) is 0 Å². The van der Waals surface area contributed by atoms with E-state index in [0.717, 1.165) is 24.9 Å². The van der Waals surface area contributed by atoms with Crippen LogP contribution in [-0.2, 0) is 6.54 Å². The van der Waals surface area contributed by atoms with E-state index in [1.54, 1.807) is 13.3 Å². The number of ether oxygens (including phenoxy) is 1. The van der Waals surface area contributed by atoms with E-state index in [-0.39, 0.29) is 5.38 Å². The van der Waals surface area contributed by atoms with Gasteiger partial charge in [0.05, 0.1) is 7.11 Å². The average Bonchev–Trinajstić information content (AvgIpc) is 2.38. The maximum Gasteiger partial charge on any atom is 0.217 e. The van der Waals surface area contributed by atoms with Crippen LogP contribution < -0.4 is 10.1 Å². The Morgan fingerprint density at radius 1 is 1.47 bits per heavy atom. The summed E-state index contributed by atoms with van der Waals surface area (Å²) in [5, 5.41) is 3.77. The molecule has 0 amide bonds. The van der Waals surface area contributed by atoms with Gasteiger partial charge in [0, 0.05) is 29.7 Å². The molecule has 2 atom stereocenters. The van der Waals surface area contributed by atoms with Gasteiger partial charge < -0.3 is 10.1 Å². The summed E-state index contributed by atoms with van der Waals surface area (Å²) < 4.78 is 5.23. The Morgan fingerprint density at radius 3 is 3.06 bits per heavy atom. The molecule has 0 saturated heterocycles. The molecule has 1 N–H and O–H groups in total. The molecule has 1 aliphatic rings. The number of hydrogen-bond acceptors (Lipinski definition) is 3. The predicted octanol–water partition coefficient (Wildman–Crippen LogP) is 2.73. The first-order chi connectivity index (χ1) is 8.31. The van der Waals surface area contributed by atoms with E-state index in [4.69, 9.17) is 16.3 Å². The van der Waals surface area contributed by atoms with Crippen LogP contribution >= 0.6 is 11.6 Å². The highest BCUT2D eigenvalue weighted by Crippen LogP contribution is 2.23. The van der Waals surface area contributed by atoms with Crippen LogP contribution in [0.3, 0.4) is 0 Å². The van der Waals surface area contributed by atoms with Gasteiger partial charge in [0.25, 0.3) is 0 Å². The third-order valence-electron chi connectivity index (χ3n) is 3.28. The van der Waals surface area contributed by atoms with Crippen LogP contribution in [0.25, 0.3) is 0 Å². The molecule has 1 aromatic heterocycles. The standard InChI is InChI=1S/C13H19ClN2O/c1-17-13-10(5-4-8-15-13)9-16-12-7-3-2-6-11(12)14/h4-5,8,11-12,16H,2-3,6-7,9H2,1H3. The molecule has 2 rings (SSSR count). The van der Waals surface area contributed by atoms with Gasteiger partial charge in [-0.05, 0) is 18.9 Å². The largest absolute Gasteiger partial charge is 0.481 e. The summed E-state index contributed by atoms with van der Waals surface area (Å²) in [4.78, 5) is 4.18. The summed E-state index contributed by atoms with van der Waals surface area (Å²) in [6.45, 7) is 0.769. The Morgan fingerprint density at radius 2 is 2.29 bits per heavy atom. The van der Waals surface area contributed by atoms with Gasteiger partial charge >= 0.3 is 0 Å². The molecule has 94 valence electrons. The van der Waals surface area contributed by atoms with Gasteiger partial charge in [0.1, 0.15) is 0 Å². The van der Waals surface area contributed by atoms with Crippen molar-refractivity contribution in [1.82, 2.24) is 10.3 Å². The van der Waals surface area contributed by atoms with Gasteiger partial charge in [-0.3, -0.25) is 0 Å². The summed E-state index contributed by atoms with van der Waals surface area (Å²) in [6.07, 6.45) is 6.54. The molecule has 0 radical (unpaired) electrons. The van der Waals surface area contributed by atoms with Gasteiger partial charge in [-0.25, -0.2) is 4.98 Å². The Hall–Kier alpha value is -0.800. The Labute approximate surface area is 108 Å². The monoisotopic (exact) mass is 254 g/mol. The fourth-order valence-electron chi connectivity index (χ4n) is 2.30. The molecule has 2 unspecified atom stereocenters. The molecule has 4 heteroatoms. The SMILES string of the molecule is COc1ncccc1CNC1CCCCC1Cl. The van der Waals surface area contributed by atoms with Crippen LogP contribution in [0.1, 0.15) is 31.2 Å². The van der Waals surface area contributed by atoms with Gasteiger partial charge in [-0.15, -0.1) is 11.6 Å². The normalized spacial score (nSPS) is 24.6. The van der Waals surface area contributed by atoms with Crippen molar-refractivity contribution < 1.29 is 4.74 Å². The van der Waals surface area contributed by atoms with Crippen LogP contribution in [-0.4, -0.2) is 23.5 Å². The number of nitrogens with one attached hydrogen (secondary N) is 1. The van der Waals surface area contributed by atoms with E-state index in [1.807, 2.05) is 12.1 Å². The molecule has 1 heterocycles. The van der Waals surface area contributed by atoms with Crippen molar-refractivity contribution in [3.05, 3.63) is 23.9 Å². The lowest BCUT2D eigenvalue weighted by Crippen LogP contribution is -2.38. The maximum atomic E-state index is 6.31. The van der Waals surface area contributed by atoms with E-state index in [0.29, 0.717) is 11.9 Å². The quantitative estimate of drug-likeness (QED) is 0.839. The number of methoxy groups -OCH3 is 1. The van der Waals surface area contributed by atoms with Crippen molar-refractivity contribution in [2.75, 3.05) is 7.11 Å². The lowest BCUT2D eigenvalue weighted by molar-refractivity contribution is 0.365. The second-order valence-corrected chi connectivity index (χ2v) is 5.02. The first-order valence-electron chi connectivity index (χ1n) is 6.16. The van der Waals surface area contributed by atoms with E-state index in [1.165, 1.54) is 12.8 Å². The smallest absolute Gasteiger partial charge is 0.217 e. The van der Waals surface area contributed by atoms with E-state index in [2.05, 4.69) is 10.3 Å². The maximum absolute atomic E-state index is 6.31. The number of pyridine rings is 1. The third kappa shape index (κ3) is 3.33. The van der Waals surface area contributed by atoms with Crippen molar-refractivity contribution in [2.24, 2.45) is 0 Å². The molecule has 0 bridgehead atoms. The Balaban J connectivity index is 1.92. The highest BCUT2D eigenvalue weighted by atomic mass is 35.5. The number of rotatable bonds is 4. The van der Waals surface area contributed by atoms with Crippen molar-refractivity contribution in [3.8, 4) is 5.88 Å². The van der Waals surface area contributed by atoms with Gasteiger partial charge in [0.2, 0.25) is 5.88 Å². The van der Waals surface area contributed by atoms with E-state index < -0.39 is 0 Å². The molecule has 3 nitrogen and oxygen atoms in total. The molecule has 1 aromatic rings. The Kier molecular flexibility index (Phi) is 4.63. The minimum atomic E-state index is 0.256. The molecule has 1 aliphatic carbocycles. The lowest BCUT2D eigenvalue weighted by Gasteiger charge is -2.28. The average molecular weight is 255 g/mol. The molecule has 0 aromatic carbocycles. The highest BCUT2D eigenvalue weighted by molar-refractivity contribution is 6.21. The number of alkyl halides is 1. The number of hydrogen-bond donors (Lipinski definition) is 1. The summed E-state index contributed by atoms with van der Waals surface area (Å²) in [5.41, 5.74) is 1.09. The first-order valence-corrected chi connectivity index (χ1v) is 6.60. The zero-order valence-electron chi connectivity index (χ0n) is 10.2.